The molecule has 2 fully saturated rings. The number of carbonyl (C=O) groups is 4. The Morgan fingerprint density at radius 2 is 0.625 bits per heavy atom. The summed E-state index contributed by atoms with van der Waals surface area (Å²) in [6, 6.07) is 0. The molecule has 2 aliphatic rings. The molecule has 0 aromatic rings. The van der Waals surface area contributed by atoms with Gasteiger partial charge >= 0.3 is 23.9 Å². The second-order valence-electron chi connectivity index (χ2n) is 22.8. The highest BCUT2D eigenvalue weighted by Gasteiger charge is 2.69. The van der Waals surface area contributed by atoms with Gasteiger partial charge in [-0.25, -0.2) is 0 Å². The first-order valence-corrected chi connectivity index (χ1v) is 26.2. The predicted octanol–water partition coefficient (Wildman–Crippen LogP) is 13.1. The molecule has 10 heteroatoms. The zero-order chi connectivity index (χ0) is 48.2. The maximum Gasteiger partial charge on any atom is 0.325 e. The fourth-order valence-electron chi connectivity index (χ4n) is 10.4. The largest absolute Gasteiger partial charge is 0.465 e. The number of rotatable bonds is 31. The average Bonchev–Trinajstić information content (AvgIpc) is 3.21. The van der Waals surface area contributed by atoms with E-state index < -0.39 is 46.9 Å². The lowest BCUT2D eigenvalue weighted by atomic mass is 9.64. The predicted molar refractivity (Wildman–Crippen MR) is 261 cm³/mol. The van der Waals surface area contributed by atoms with Crippen molar-refractivity contribution in [1.82, 2.24) is 9.80 Å². The van der Waals surface area contributed by atoms with Gasteiger partial charge in [-0.2, -0.15) is 0 Å². The minimum absolute atomic E-state index is 0.0588. The average molecular weight is 905 g/mol. The first-order chi connectivity index (χ1) is 29.9. The summed E-state index contributed by atoms with van der Waals surface area (Å²) in [5.41, 5.74) is -6.12. The third-order valence-electron chi connectivity index (χ3n) is 15.7. The summed E-state index contributed by atoms with van der Waals surface area (Å²) in [6.07, 6.45) is 25.8. The number of unbranched alkanes of at least 4 members (excludes halogenated alkanes) is 20. The minimum atomic E-state index is -2.40. The number of likely N-dealkylation sites (tertiary alicyclic amines) is 2. The number of carbonyl (C=O) groups excluding carboxylic acids is 4. The number of nitrogens with zero attached hydrogens (tertiary/aromatic N) is 2. The zero-order valence-corrected chi connectivity index (χ0v) is 44.1. The van der Waals surface area contributed by atoms with Crippen molar-refractivity contribution in [2.75, 3.05) is 27.3 Å². The van der Waals surface area contributed by atoms with E-state index in [1.165, 1.54) is 104 Å². The molecule has 2 unspecified atom stereocenters. The van der Waals surface area contributed by atoms with Gasteiger partial charge in [-0.3, -0.25) is 29.0 Å². The molecule has 2 atom stereocenters. The van der Waals surface area contributed by atoms with Crippen LogP contribution in [0, 0.1) is 10.8 Å². The first kappa shape index (κ1) is 57.9. The van der Waals surface area contributed by atoms with Crippen LogP contribution in [0.25, 0.3) is 0 Å². The number of hydrogen-bond donors (Lipinski definition) is 0. The lowest BCUT2D eigenvalue weighted by molar-refractivity contribution is -0.208. The molecule has 2 aliphatic heterocycles. The van der Waals surface area contributed by atoms with E-state index in [0.717, 1.165) is 38.5 Å². The van der Waals surface area contributed by atoms with Crippen molar-refractivity contribution in [1.29, 1.82) is 0 Å². The summed E-state index contributed by atoms with van der Waals surface area (Å²) < 4.78 is 24.6. The minimum Gasteiger partial charge on any atom is -0.465 e. The third-order valence-corrected chi connectivity index (χ3v) is 15.7. The van der Waals surface area contributed by atoms with Crippen LogP contribution in [-0.2, 0) is 38.1 Å². The van der Waals surface area contributed by atoms with Crippen molar-refractivity contribution in [2.45, 2.75) is 284 Å². The summed E-state index contributed by atoms with van der Waals surface area (Å²) in [5, 5.41) is 0. The number of hydrogen-bond acceptors (Lipinski definition) is 10. The number of esters is 4. The van der Waals surface area contributed by atoms with Gasteiger partial charge < -0.3 is 18.9 Å². The normalized spacial score (nSPS) is 20.8. The molecule has 2 heterocycles. The first-order valence-electron chi connectivity index (χ1n) is 26.2. The highest BCUT2D eigenvalue weighted by molar-refractivity contribution is 6.14. The molecule has 0 saturated carbocycles. The molecule has 0 bridgehead atoms. The summed E-state index contributed by atoms with van der Waals surface area (Å²) in [4.78, 5) is 64.1. The Morgan fingerprint density at radius 3 is 0.859 bits per heavy atom. The summed E-state index contributed by atoms with van der Waals surface area (Å²) in [5.74, 6) is -3.86. The van der Waals surface area contributed by atoms with E-state index in [1.54, 1.807) is 0 Å². The van der Waals surface area contributed by atoms with Crippen LogP contribution < -0.4 is 0 Å². The molecule has 2 rings (SSSR count). The Morgan fingerprint density at radius 1 is 0.406 bits per heavy atom. The zero-order valence-electron chi connectivity index (χ0n) is 44.1. The van der Waals surface area contributed by atoms with Gasteiger partial charge in [0.05, 0.1) is 13.2 Å². The van der Waals surface area contributed by atoms with Crippen molar-refractivity contribution in [3.8, 4) is 0 Å². The van der Waals surface area contributed by atoms with Crippen LogP contribution in [0.4, 0.5) is 0 Å². The van der Waals surface area contributed by atoms with Crippen LogP contribution in [0.1, 0.15) is 250 Å². The maximum atomic E-state index is 15.0. The Kier molecular flexibility index (Phi) is 24.4. The number of piperidine rings is 2. The Bertz CT molecular complexity index is 1270. The molecule has 2 saturated heterocycles. The van der Waals surface area contributed by atoms with Gasteiger partial charge in [-0.1, -0.05) is 142 Å². The molecule has 10 nitrogen and oxygen atoms in total. The smallest absolute Gasteiger partial charge is 0.325 e. The van der Waals surface area contributed by atoms with E-state index in [9.17, 15) is 9.59 Å². The van der Waals surface area contributed by atoms with Gasteiger partial charge in [-0.15, -0.1) is 0 Å². The quantitative estimate of drug-likeness (QED) is 0.0288. The van der Waals surface area contributed by atoms with Crippen molar-refractivity contribution in [3.63, 3.8) is 0 Å². The standard InChI is InChI=1S/C54H100N2O8/c1-15-17-19-21-23-25-27-29-31-33-35-37-61-45(57)53(11,47(59)63-43-39-49(3,4)55(13)50(5,6)40-43)54(12,48(60)64-44-41-51(7,8)56(14)52(9,10)42-44)46(58)62-38-36-34-32-30-28-26-24-22-20-18-16-2/h43-44H,15-42H2,1-14H3. The second-order valence-corrected chi connectivity index (χ2v) is 22.8. The van der Waals surface area contributed by atoms with Crippen molar-refractivity contribution < 1.29 is 38.1 Å². The van der Waals surface area contributed by atoms with E-state index >= 15 is 9.59 Å². The molecule has 0 spiro atoms. The topological polar surface area (TPSA) is 112 Å². The van der Waals surface area contributed by atoms with Crippen LogP contribution >= 0.6 is 0 Å². The van der Waals surface area contributed by atoms with E-state index in [2.05, 4.69) is 93.1 Å². The van der Waals surface area contributed by atoms with E-state index in [-0.39, 0.29) is 35.4 Å². The SMILES string of the molecule is CCCCCCCCCCCCCOC(=O)C(C)(C(=O)OC1CC(C)(C)N(C)C(C)(C)C1)C(C)(C(=O)OCCCCCCCCCCCCC)C(=O)OC1CC(C)(C)N(C)C(C)(C)C1. The monoisotopic (exact) mass is 905 g/mol. The molecule has 0 amide bonds. The molecule has 374 valence electrons. The van der Waals surface area contributed by atoms with Gasteiger partial charge in [0.1, 0.15) is 12.2 Å². The van der Waals surface area contributed by atoms with Crippen LogP contribution in [0.3, 0.4) is 0 Å². The third kappa shape index (κ3) is 16.8. The van der Waals surface area contributed by atoms with E-state index in [1.807, 2.05) is 0 Å². The molecule has 0 aliphatic carbocycles. The Balaban J connectivity index is 2.38. The molecule has 0 aromatic carbocycles. The molecular formula is C54H100N2O8. The van der Waals surface area contributed by atoms with Gasteiger partial charge in [0, 0.05) is 47.8 Å². The van der Waals surface area contributed by atoms with E-state index in [0.29, 0.717) is 38.5 Å². The molecule has 0 aromatic heterocycles. The van der Waals surface area contributed by atoms with Crippen molar-refractivity contribution in [3.05, 3.63) is 0 Å². The van der Waals surface area contributed by atoms with Crippen molar-refractivity contribution >= 4 is 23.9 Å². The second kappa shape index (κ2) is 27.0. The highest BCUT2D eigenvalue weighted by Crippen LogP contribution is 2.48. The van der Waals surface area contributed by atoms with Crippen LogP contribution in [0.2, 0.25) is 0 Å². The van der Waals surface area contributed by atoms with Crippen LogP contribution in [-0.4, -0.2) is 95.3 Å². The van der Waals surface area contributed by atoms with Crippen LogP contribution in [0.15, 0.2) is 0 Å². The van der Waals surface area contributed by atoms with Gasteiger partial charge in [-0.05, 0) is 96.2 Å². The highest BCUT2D eigenvalue weighted by atomic mass is 16.6. The lowest BCUT2D eigenvalue weighted by Gasteiger charge is -2.54. The summed E-state index contributed by atoms with van der Waals surface area (Å²) >= 11 is 0. The molecular weight excluding hydrogens is 805 g/mol. The summed E-state index contributed by atoms with van der Waals surface area (Å²) in [6.45, 7) is 24.1. The number of ether oxygens (including phenoxy) is 4. The lowest BCUT2D eigenvalue weighted by Crippen LogP contribution is -2.64. The van der Waals surface area contributed by atoms with Gasteiger partial charge in [0.2, 0.25) is 0 Å². The maximum absolute atomic E-state index is 15.0. The summed E-state index contributed by atoms with van der Waals surface area (Å²) in [7, 11) is 4.14. The van der Waals surface area contributed by atoms with Crippen LogP contribution in [0.5, 0.6) is 0 Å². The molecule has 0 radical (unpaired) electrons. The Hall–Kier alpha value is -2.20. The Labute approximate surface area is 393 Å². The van der Waals surface area contributed by atoms with Gasteiger partial charge in [0.15, 0.2) is 10.8 Å². The van der Waals surface area contributed by atoms with Crippen molar-refractivity contribution in [2.24, 2.45) is 10.8 Å². The van der Waals surface area contributed by atoms with E-state index in [4.69, 9.17) is 18.9 Å². The fraction of sp³-hybridized carbons (Fsp3) is 0.926. The van der Waals surface area contributed by atoms with Gasteiger partial charge in [0.25, 0.3) is 0 Å². The molecule has 0 N–H and O–H groups in total. The fourth-order valence-corrected chi connectivity index (χ4v) is 10.4. The molecule has 64 heavy (non-hydrogen) atoms.